The van der Waals surface area contributed by atoms with Crippen LogP contribution in [0.4, 0.5) is 0 Å². The molecule has 1 aliphatic rings. The maximum Gasteiger partial charge on any atom is 0.273 e. The average molecular weight is 312 g/mol. The van der Waals surface area contributed by atoms with E-state index in [0.29, 0.717) is 5.02 Å². The van der Waals surface area contributed by atoms with Gasteiger partial charge in [0, 0.05) is 22.4 Å². The zero-order valence-electron chi connectivity index (χ0n) is 12.1. The maximum absolute atomic E-state index is 13.0. The van der Waals surface area contributed by atoms with E-state index in [0.717, 1.165) is 47.1 Å². The molecule has 0 unspecified atom stereocenters. The summed E-state index contributed by atoms with van der Waals surface area (Å²) in [4.78, 5) is 13.0. The van der Waals surface area contributed by atoms with Crippen LogP contribution in [0.5, 0.6) is 0 Å². The Morgan fingerprint density at radius 1 is 1.00 bits per heavy atom. The second-order valence-electron chi connectivity index (χ2n) is 5.71. The molecule has 0 N–H and O–H groups in total. The highest BCUT2D eigenvalue weighted by Crippen LogP contribution is 2.27. The van der Waals surface area contributed by atoms with Crippen LogP contribution in [0.1, 0.15) is 24.1 Å². The Morgan fingerprint density at radius 2 is 1.82 bits per heavy atom. The summed E-state index contributed by atoms with van der Waals surface area (Å²) in [7, 11) is 0. The highest BCUT2D eigenvalue weighted by molar-refractivity contribution is 6.30. The minimum absolute atomic E-state index is 0.631. The molecule has 2 aromatic carbocycles. The number of aryl methyl sites for hydroxylation is 1. The Kier molecular flexibility index (Phi) is 3.23. The smallest absolute Gasteiger partial charge is 0.0843 e. The molecule has 22 heavy (non-hydrogen) atoms. The molecule has 3 aromatic rings. The quantitative estimate of drug-likeness (QED) is 0.622. The summed E-state index contributed by atoms with van der Waals surface area (Å²) in [6, 6.07) is 15.6. The number of aromatic nitrogens is 2. The number of rotatable bonds is 1. The normalized spacial score (nSPS) is 14.0. The number of benzene rings is 2. The van der Waals surface area contributed by atoms with Gasteiger partial charge < -0.3 is 0 Å². The lowest BCUT2D eigenvalue weighted by atomic mass is 9.93. The summed E-state index contributed by atoms with van der Waals surface area (Å²) in [6.07, 6.45) is 4.04. The summed E-state index contributed by atoms with van der Waals surface area (Å²) in [5, 5.41) is 1.80. The van der Waals surface area contributed by atoms with Crippen molar-refractivity contribution in [1.29, 1.82) is 0 Å². The van der Waals surface area contributed by atoms with E-state index in [9.17, 15) is 4.91 Å². The summed E-state index contributed by atoms with van der Waals surface area (Å²) < 4.78 is 2.79. The van der Waals surface area contributed by atoms with Gasteiger partial charge in [-0.1, -0.05) is 40.5 Å². The molecule has 0 spiro atoms. The van der Waals surface area contributed by atoms with E-state index in [1.807, 2.05) is 42.5 Å². The van der Waals surface area contributed by atoms with E-state index in [1.54, 1.807) is 4.68 Å². The zero-order valence-corrected chi connectivity index (χ0v) is 12.9. The molecule has 0 fully saturated rings. The van der Waals surface area contributed by atoms with Gasteiger partial charge >= 0.3 is 0 Å². The molecule has 0 aliphatic heterocycles. The van der Waals surface area contributed by atoms with Gasteiger partial charge in [0.1, 0.15) is 11.2 Å². The first-order valence-electron chi connectivity index (χ1n) is 7.60. The van der Waals surface area contributed by atoms with E-state index in [-0.39, 0.29) is 0 Å². The van der Waals surface area contributed by atoms with Crippen LogP contribution in [-0.2, 0) is 12.8 Å². The molecule has 3 nitrogen and oxygen atoms in total. The molecule has 0 saturated heterocycles. The highest BCUT2D eigenvalue weighted by atomic mass is 35.5. The second kappa shape index (κ2) is 5.25. The first kappa shape index (κ1) is 13.5. The van der Waals surface area contributed by atoms with Gasteiger partial charge in [-0.25, -0.2) is 0 Å². The molecular weight excluding hydrogens is 296 g/mol. The summed E-state index contributed by atoms with van der Waals surface area (Å²) >= 11 is 6.12. The first-order chi connectivity index (χ1) is 10.8. The maximum atomic E-state index is 13.0. The van der Waals surface area contributed by atoms with Gasteiger partial charge in [-0.05, 0) is 43.5 Å². The number of hydrogen-bond donors (Lipinski definition) is 0. The van der Waals surface area contributed by atoms with Crippen LogP contribution in [-0.4, -0.2) is 4.68 Å². The first-order valence-corrected chi connectivity index (χ1v) is 7.98. The molecule has 4 heteroatoms. The van der Waals surface area contributed by atoms with Crippen molar-refractivity contribution < 1.29 is 4.54 Å². The lowest BCUT2D eigenvalue weighted by Gasteiger charge is -2.14. The van der Waals surface area contributed by atoms with Crippen LogP contribution in [0.2, 0.25) is 5.02 Å². The third kappa shape index (κ3) is 2.04. The SMILES string of the molecule is O=[n+]1c2c(c3ccccc3n1-c1cccc(Cl)c1)CCCC2. The van der Waals surface area contributed by atoms with Crippen LogP contribution >= 0.6 is 11.6 Å². The summed E-state index contributed by atoms with van der Waals surface area (Å²) in [5.74, 6) is 0. The lowest BCUT2D eigenvalue weighted by Crippen LogP contribution is -2.37. The third-order valence-corrected chi connectivity index (χ3v) is 4.60. The Labute approximate surface area is 133 Å². The van der Waals surface area contributed by atoms with Crippen molar-refractivity contribution in [1.82, 2.24) is 4.68 Å². The molecule has 0 bridgehead atoms. The molecule has 0 atom stereocenters. The summed E-state index contributed by atoms with van der Waals surface area (Å²) in [5.41, 5.74) is 3.83. The Hall–Kier alpha value is -2.13. The van der Waals surface area contributed by atoms with E-state index < -0.39 is 0 Å². The van der Waals surface area contributed by atoms with E-state index >= 15 is 0 Å². The summed E-state index contributed by atoms with van der Waals surface area (Å²) in [6.45, 7) is 0. The second-order valence-corrected chi connectivity index (χ2v) is 6.15. The fraction of sp³-hybridized carbons (Fsp3) is 0.222. The van der Waals surface area contributed by atoms with E-state index in [2.05, 4.69) is 6.07 Å². The number of para-hydroxylation sites is 1. The molecule has 0 radical (unpaired) electrons. The lowest BCUT2D eigenvalue weighted by molar-refractivity contribution is -0.592. The largest absolute Gasteiger partial charge is 0.273 e. The molecule has 1 heterocycles. The monoisotopic (exact) mass is 311 g/mol. The van der Waals surface area contributed by atoms with E-state index in [4.69, 9.17) is 11.6 Å². The van der Waals surface area contributed by atoms with Gasteiger partial charge in [-0.15, -0.1) is 0 Å². The van der Waals surface area contributed by atoms with Crippen LogP contribution < -0.4 is 4.54 Å². The van der Waals surface area contributed by atoms with E-state index in [1.165, 1.54) is 10.9 Å². The predicted octanol–water partition coefficient (Wildman–Crippen LogP) is 4.08. The third-order valence-electron chi connectivity index (χ3n) is 4.36. The Bertz CT molecular complexity index is 930. The van der Waals surface area contributed by atoms with Crippen LogP contribution in [0.15, 0.2) is 48.5 Å². The van der Waals surface area contributed by atoms with Crippen LogP contribution in [0.3, 0.4) is 0 Å². The molecule has 0 saturated carbocycles. The van der Waals surface area contributed by atoms with Gasteiger partial charge in [0.15, 0.2) is 4.54 Å². The van der Waals surface area contributed by atoms with Gasteiger partial charge in [-0.3, -0.25) is 0 Å². The fourth-order valence-corrected chi connectivity index (χ4v) is 3.56. The molecular formula is C18H16ClN2O+. The molecule has 0 amide bonds. The highest BCUT2D eigenvalue weighted by Gasteiger charge is 2.27. The van der Waals surface area contributed by atoms with Crippen molar-refractivity contribution in [3.05, 3.63) is 69.7 Å². The van der Waals surface area contributed by atoms with Gasteiger partial charge in [0.25, 0.3) is 5.69 Å². The predicted molar refractivity (Wildman–Crippen MR) is 88.3 cm³/mol. The van der Waals surface area contributed by atoms with Crippen LogP contribution in [0, 0.1) is 4.91 Å². The van der Waals surface area contributed by atoms with Crippen molar-refractivity contribution in [2.75, 3.05) is 0 Å². The van der Waals surface area contributed by atoms with Crippen molar-refractivity contribution in [3.63, 3.8) is 0 Å². The van der Waals surface area contributed by atoms with Crippen molar-refractivity contribution in [2.24, 2.45) is 0 Å². The fourth-order valence-electron chi connectivity index (χ4n) is 3.37. The number of nitrogens with zero attached hydrogens (tertiary/aromatic N) is 2. The Morgan fingerprint density at radius 3 is 2.68 bits per heavy atom. The van der Waals surface area contributed by atoms with Crippen LogP contribution in [0.25, 0.3) is 16.6 Å². The molecule has 110 valence electrons. The molecule has 4 rings (SSSR count). The topological polar surface area (TPSA) is 27.9 Å². The number of fused-ring (bicyclic) bond motifs is 3. The van der Waals surface area contributed by atoms with Crippen molar-refractivity contribution in [3.8, 4) is 5.69 Å². The molecule has 1 aromatic heterocycles. The average Bonchev–Trinajstić information content (AvgIpc) is 2.55. The van der Waals surface area contributed by atoms with Gasteiger partial charge in [-0.2, -0.15) is 0 Å². The van der Waals surface area contributed by atoms with Gasteiger partial charge in [0.2, 0.25) is 0 Å². The van der Waals surface area contributed by atoms with Gasteiger partial charge in [0.05, 0.1) is 4.91 Å². The number of hydrogen-bond acceptors (Lipinski definition) is 1. The minimum atomic E-state index is 0.631. The molecule has 1 aliphatic carbocycles. The number of halogens is 1. The minimum Gasteiger partial charge on any atom is -0.0843 e. The Balaban J connectivity index is 2.15. The zero-order chi connectivity index (χ0) is 15.1. The van der Waals surface area contributed by atoms with Crippen molar-refractivity contribution >= 4 is 22.5 Å². The standard InChI is InChI=1S/C18H16ClN2O/c19-13-6-5-7-14(12-13)20-17-10-3-1-8-15(17)16-9-2-4-11-18(16)21(20)22/h1,3,5-8,10,12H,2,4,9,11H2/q+1. The van der Waals surface area contributed by atoms with Crippen molar-refractivity contribution in [2.45, 2.75) is 25.7 Å².